The molecular weight excluding hydrogens is 417 g/mol. The molecule has 5 rings (SSSR count). The van der Waals surface area contributed by atoms with Crippen LogP contribution in [0.4, 0.5) is 11.5 Å². The van der Waals surface area contributed by atoms with Gasteiger partial charge in [-0.2, -0.15) is 0 Å². The predicted molar refractivity (Wildman–Crippen MR) is 121 cm³/mol. The van der Waals surface area contributed by atoms with Gasteiger partial charge in [-0.05, 0) is 42.0 Å². The summed E-state index contributed by atoms with van der Waals surface area (Å²) in [5, 5.41) is 4.72. The van der Waals surface area contributed by atoms with Crippen LogP contribution < -0.4 is 10.2 Å². The van der Waals surface area contributed by atoms with Crippen molar-refractivity contribution in [2.75, 3.05) is 11.4 Å². The first-order valence-electron chi connectivity index (χ1n) is 9.70. The topological polar surface area (TPSA) is 46.0 Å². The second-order valence-corrected chi connectivity index (χ2v) is 7.91. The molecular formula is C23H19Cl2N5. The zero-order valence-electron chi connectivity index (χ0n) is 16.0. The van der Waals surface area contributed by atoms with Crippen molar-refractivity contribution in [2.24, 2.45) is 0 Å². The maximum Gasteiger partial charge on any atom is 0.163 e. The summed E-state index contributed by atoms with van der Waals surface area (Å²) < 4.78 is 2.08. The van der Waals surface area contributed by atoms with E-state index in [-0.39, 0.29) is 6.04 Å². The van der Waals surface area contributed by atoms with Crippen molar-refractivity contribution >= 4 is 34.7 Å². The highest BCUT2D eigenvalue weighted by Crippen LogP contribution is 2.44. The van der Waals surface area contributed by atoms with Crippen molar-refractivity contribution in [1.82, 2.24) is 19.9 Å². The van der Waals surface area contributed by atoms with E-state index in [0.717, 1.165) is 36.0 Å². The molecule has 3 heterocycles. The van der Waals surface area contributed by atoms with Gasteiger partial charge in [-0.25, -0.2) is 9.97 Å². The lowest BCUT2D eigenvalue weighted by Crippen LogP contribution is -2.38. The Morgan fingerprint density at radius 1 is 0.900 bits per heavy atom. The fourth-order valence-corrected chi connectivity index (χ4v) is 4.28. The van der Waals surface area contributed by atoms with Gasteiger partial charge in [-0.15, -0.1) is 0 Å². The highest BCUT2D eigenvalue weighted by Gasteiger charge is 2.34. The minimum absolute atomic E-state index is 0.0170. The summed E-state index contributed by atoms with van der Waals surface area (Å²) in [6, 6.07) is 22.3. The van der Waals surface area contributed by atoms with Crippen LogP contribution >= 0.6 is 23.2 Å². The van der Waals surface area contributed by atoms with Gasteiger partial charge in [0.1, 0.15) is 12.0 Å². The quantitative estimate of drug-likeness (QED) is 0.417. The number of nitrogens with one attached hydrogen (secondary N) is 1. The van der Waals surface area contributed by atoms with Crippen LogP contribution in [0.25, 0.3) is 5.69 Å². The number of aromatic nitrogens is 3. The first kappa shape index (κ1) is 19.1. The Morgan fingerprint density at radius 3 is 2.50 bits per heavy atom. The predicted octanol–water partition coefficient (Wildman–Crippen LogP) is 5.56. The Bertz CT molecular complexity index is 1160. The number of anilines is 2. The molecule has 1 aliphatic rings. The van der Waals surface area contributed by atoms with Crippen molar-refractivity contribution in [3.63, 3.8) is 0 Å². The molecule has 2 aromatic carbocycles. The van der Waals surface area contributed by atoms with Crippen LogP contribution in [0.2, 0.25) is 10.2 Å². The lowest BCUT2D eigenvalue weighted by Gasteiger charge is -2.39. The van der Waals surface area contributed by atoms with E-state index < -0.39 is 0 Å². The van der Waals surface area contributed by atoms with Crippen LogP contribution in [-0.4, -0.2) is 21.1 Å². The number of hydrogen-bond acceptors (Lipinski definition) is 4. The Labute approximate surface area is 184 Å². The molecule has 0 radical (unpaired) electrons. The van der Waals surface area contributed by atoms with Gasteiger partial charge in [0.05, 0.1) is 6.04 Å². The Morgan fingerprint density at radius 2 is 1.70 bits per heavy atom. The lowest BCUT2D eigenvalue weighted by atomic mass is 10.1. The van der Waals surface area contributed by atoms with E-state index in [1.165, 1.54) is 11.9 Å². The minimum atomic E-state index is 0.0170. The molecule has 7 heteroatoms. The zero-order chi connectivity index (χ0) is 20.5. The summed E-state index contributed by atoms with van der Waals surface area (Å²) in [5.41, 5.74) is 4.14. The fourth-order valence-electron chi connectivity index (χ4n) is 3.93. The molecule has 0 saturated carbocycles. The van der Waals surface area contributed by atoms with Crippen LogP contribution in [0.1, 0.15) is 17.3 Å². The van der Waals surface area contributed by atoms with Crippen molar-refractivity contribution in [3.8, 4) is 5.69 Å². The Hall–Kier alpha value is -2.86. The molecule has 0 aliphatic carbocycles. The molecule has 5 nitrogen and oxygen atoms in total. The third-order valence-electron chi connectivity index (χ3n) is 5.28. The molecule has 1 aliphatic heterocycles. The van der Waals surface area contributed by atoms with E-state index in [0.29, 0.717) is 10.2 Å². The van der Waals surface area contributed by atoms with Crippen molar-refractivity contribution in [3.05, 3.63) is 101 Å². The second-order valence-electron chi connectivity index (χ2n) is 7.12. The van der Waals surface area contributed by atoms with Crippen LogP contribution in [0.5, 0.6) is 0 Å². The first-order chi connectivity index (χ1) is 14.7. The molecule has 0 bridgehead atoms. The summed E-state index contributed by atoms with van der Waals surface area (Å²) in [4.78, 5) is 11.0. The summed E-state index contributed by atoms with van der Waals surface area (Å²) in [5.74, 6) is 0.771. The monoisotopic (exact) mass is 435 g/mol. The van der Waals surface area contributed by atoms with Crippen molar-refractivity contribution in [2.45, 2.75) is 12.6 Å². The molecule has 1 N–H and O–H groups in total. The Balaban J connectivity index is 1.55. The van der Waals surface area contributed by atoms with Gasteiger partial charge in [0.15, 0.2) is 11.0 Å². The van der Waals surface area contributed by atoms with E-state index in [4.69, 9.17) is 23.2 Å². The number of nitrogens with zero attached hydrogens (tertiary/aromatic N) is 4. The van der Waals surface area contributed by atoms with Crippen molar-refractivity contribution < 1.29 is 0 Å². The SMILES string of the molecule is Clc1ccc(N2c3ncnc(Cl)c3-n3cccc3C2CNCc2ccccc2)cc1. The summed E-state index contributed by atoms with van der Waals surface area (Å²) in [7, 11) is 0. The number of fused-ring (bicyclic) bond motifs is 3. The van der Waals surface area contributed by atoms with E-state index >= 15 is 0 Å². The van der Waals surface area contributed by atoms with Crippen LogP contribution in [0.15, 0.2) is 79.3 Å². The maximum atomic E-state index is 6.50. The molecule has 0 spiro atoms. The highest BCUT2D eigenvalue weighted by atomic mass is 35.5. The largest absolute Gasteiger partial charge is 0.314 e. The molecule has 150 valence electrons. The summed E-state index contributed by atoms with van der Waals surface area (Å²) >= 11 is 12.6. The van der Waals surface area contributed by atoms with Gasteiger partial charge in [-0.1, -0.05) is 53.5 Å². The average Bonchev–Trinajstić information content (AvgIpc) is 3.25. The van der Waals surface area contributed by atoms with E-state index in [1.807, 2.05) is 42.6 Å². The molecule has 1 unspecified atom stereocenters. The lowest BCUT2D eigenvalue weighted by molar-refractivity contribution is 0.554. The molecule has 0 amide bonds. The Kier molecular flexibility index (Phi) is 5.17. The average molecular weight is 436 g/mol. The molecule has 30 heavy (non-hydrogen) atoms. The first-order valence-corrected chi connectivity index (χ1v) is 10.5. The van der Waals surface area contributed by atoms with Crippen LogP contribution in [-0.2, 0) is 6.54 Å². The number of benzene rings is 2. The zero-order valence-corrected chi connectivity index (χ0v) is 17.6. The van der Waals surface area contributed by atoms with Crippen molar-refractivity contribution in [1.29, 1.82) is 0 Å². The summed E-state index contributed by atoms with van der Waals surface area (Å²) in [6.07, 6.45) is 3.51. The van der Waals surface area contributed by atoms with Crippen LogP contribution in [0.3, 0.4) is 0 Å². The van der Waals surface area contributed by atoms with E-state index in [1.54, 1.807) is 0 Å². The number of hydrogen-bond donors (Lipinski definition) is 1. The fraction of sp³-hybridized carbons (Fsp3) is 0.130. The molecule has 4 aromatic rings. The highest BCUT2D eigenvalue weighted by molar-refractivity contribution is 6.31. The van der Waals surface area contributed by atoms with Gasteiger partial charge in [0.25, 0.3) is 0 Å². The van der Waals surface area contributed by atoms with E-state index in [2.05, 4.69) is 55.1 Å². The van der Waals surface area contributed by atoms with Gasteiger partial charge >= 0.3 is 0 Å². The minimum Gasteiger partial charge on any atom is -0.314 e. The maximum absolute atomic E-state index is 6.50. The number of rotatable bonds is 5. The van der Waals surface area contributed by atoms with Crippen LogP contribution in [0, 0.1) is 0 Å². The van der Waals surface area contributed by atoms with Gasteiger partial charge in [-0.3, -0.25) is 0 Å². The smallest absolute Gasteiger partial charge is 0.163 e. The van der Waals surface area contributed by atoms with Gasteiger partial charge in [0.2, 0.25) is 0 Å². The number of halogens is 2. The second kappa shape index (κ2) is 8.11. The molecule has 0 fully saturated rings. The van der Waals surface area contributed by atoms with E-state index in [9.17, 15) is 0 Å². The molecule has 0 saturated heterocycles. The summed E-state index contributed by atoms with van der Waals surface area (Å²) in [6.45, 7) is 1.51. The molecule has 2 aromatic heterocycles. The normalized spacial score (nSPS) is 15.0. The standard InChI is InChI=1S/C23H19Cl2N5/c24-17-8-10-18(11-9-17)30-20(14-26-13-16-5-2-1-3-6-16)19-7-4-12-29(19)21-22(25)27-15-28-23(21)30/h1-12,15,20,26H,13-14H2. The molecule has 1 atom stereocenters. The third-order valence-corrected chi connectivity index (χ3v) is 5.80. The van der Waals surface area contributed by atoms with Gasteiger partial charge in [0, 0.05) is 35.7 Å². The third kappa shape index (κ3) is 3.45. The van der Waals surface area contributed by atoms with Gasteiger partial charge < -0.3 is 14.8 Å².